The number of hydrogen-bond donors (Lipinski definition) is 0. The van der Waals surface area contributed by atoms with Crippen LogP contribution in [0.15, 0.2) is 461 Å². The first-order chi connectivity index (χ1) is 63.4. The number of aromatic nitrogens is 4. The number of hydrogen-bond acceptors (Lipinski definition) is 2. The first-order valence-electron chi connectivity index (χ1n) is 43.9. The van der Waals surface area contributed by atoms with Gasteiger partial charge in [-0.2, -0.15) is 0 Å². The van der Waals surface area contributed by atoms with E-state index in [-0.39, 0.29) is 20.4 Å². The second kappa shape index (κ2) is 31.8. The van der Waals surface area contributed by atoms with Crippen LogP contribution in [-0.4, -0.2) is 9.97 Å². The van der Waals surface area contributed by atoms with Crippen molar-refractivity contribution in [3.8, 4) is 179 Å². The molecule has 0 saturated carbocycles. The maximum atomic E-state index is 6.72. The van der Waals surface area contributed by atoms with Crippen molar-refractivity contribution < 1.29 is 20.4 Å². The fourth-order valence-electron chi connectivity index (χ4n) is 20.0. The molecule has 2 aromatic heterocycles. The number of fused-ring (bicyclic) bond motifs is 4. The van der Waals surface area contributed by atoms with Gasteiger partial charge in [-0.25, -0.2) is 9.97 Å². The van der Waals surface area contributed by atoms with Gasteiger partial charge in [-0.3, -0.25) is 0 Å². The van der Waals surface area contributed by atoms with Gasteiger partial charge >= 0.3 is 20.4 Å². The zero-order valence-electron chi connectivity index (χ0n) is 70.0. The van der Waals surface area contributed by atoms with E-state index in [4.69, 9.17) is 19.9 Å². The molecule has 25 rings (SSSR count). The summed E-state index contributed by atoms with van der Waals surface area (Å²) in [5, 5.41) is 12.5. The van der Waals surface area contributed by atoms with Crippen molar-refractivity contribution in [2.24, 2.45) is 0 Å². The summed E-state index contributed by atoms with van der Waals surface area (Å²) in [6, 6.07) is 170. The van der Waals surface area contributed by atoms with Gasteiger partial charge < -0.3 is 9.97 Å². The van der Waals surface area contributed by atoms with Crippen molar-refractivity contribution in [3.63, 3.8) is 0 Å². The Kier molecular flexibility index (Phi) is 18.8. The van der Waals surface area contributed by atoms with Crippen molar-refractivity contribution in [1.82, 2.24) is 19.9 Å². The third kappa shape index (κ3) is 13.5. The van der Waals surface area contributed by atoms with Crippen molar-refractivity contribution in [3.05, 3.63) is 461 Å². The topological polar surface area (TPSA) is 54.0 Å². The van der Waals surface area contributed by atoms with E-state index in [0.29, 0.717) is 0 Å². The molecule has 8 bridgehead atoms. The van der Waals surface area contributed by atoms with Crippen LogP contribution in [0.25, 0.3) is 265 Å². The van der Waals surface area contributed by atoms with Gasteiger partial charge in [0, 0.05) is 22.3 Å². The molecule has 0 fully saturated rings. The summed E-state index contributed by atoms with van der Waals surface area (Å²) in [7, 11) is 0. The van der Waals surface area contributed by atoms with E-state index < -0.39 is 0 Å². The predicted molar refractivity (Wildman–Crippen MR) is 538 cm³/mol. The molecule has 22 aromatic rings. The molecule has 2 aliphatic heterocycles. The molecule has 3 aliphatic rings. The molecule has 0 amide bonds. The molecule has 4 heterocycles. The van der Waals surface area contributed by atoms with E-state index in [0.717, 1.165) is 265 Å². The predicted octanol–water partition coefficient (Wildman–Crippen LogP) is 33.2. The summed E-state index contributed by atoms with van der Waals surface area (Å²) < 4.78 is 0. The fraction of sp³-hybridized carbons (Fsp3) is 0. The first kappa shape index (κ1) is 76.4. The van der Waals surface area contributed by atoms with Crippen molar-refractivity contribution in [1.29, 1.82) is 0 Å². The Morgan fingerprint density at radius 3 is 0.434 bits per heavy atom. The SMILES string of the molecule is [Pd+2].c1ccc(-c2cc(-c3ccccc3)cc(-c3c4nc(c(-c5cc(-c6ccccc6)cc(-c6ccccc6)c5)c5[n-]c(c(-c6cc(-c7ccccc7)cc(-c7ccccc7)c6)c6nc(c(-c7cc(-c8ccccc8)cc(-c8ccccc8)c7)c7[n-]c3c3cc8ccccc8cc73)-c3cc7ccccc7cc3-6)c3cc6ccccc6cc53)-c3cc5ccccc5cc3-4)c2)cc1. The molecular weight excluding hydrogens is 1650 g/mol. The summed E-state index contributed by atoms with van der Waals surface area (Å²) in [6.45, 7) is 0. The minimum absolute atomic E-state index is 0. The van der Waals surface area contributed by atoms with E-state index in [1.165, 1.54) is 0 Å². The Morgan fingerprint density at radius 1 is 0.132 bits per heavy atom. The zero-order chi connectivity index (χ0) is 84.3. The van der Waals surface area contributed by atoms with Gasteiger partial charge in [0.25, 0.3) is 0 Å². The summed E-state index contributed by atoms with van der Waals surface area (Å²) in [5.41, 5.74) is 34.5. The second-order valence-corrected chi connectivity index (χ2v) is 33.8. The normalized spacial score (nSPS) is 11.7. The second-order valence-electron chi connectivity index (χ2n) is 33.8. The average Bonchev–Trinajstić information content (AvgIpc) is 1.55. The number of benzene rings is 20. The quantitative estimate of drug-likeness (QED) is 0.114. The molecule has 129 heavy (non-hydrogen) atoms. The van der Waals surface area contributed by atoms with Crippen LogP contribution in [0.2, 0.25) is 0 Å². The van der Waals surface area contributed by atoms with Crippen molar-refractivity contribution in [2.75, 3.05) is 0 Å². The Bertz CT molecular complexity index is 7400. The molecule has 0 spiro atoms. The Labute approximate surface area is 760 Å². The summed E-state index contributed by atoms with van der Waals surface area (Å²) >= 11 is 0. The van der Waals surface area contributed by atoms with Crippen LogP contribution >= 0.6 is 0 Å². The number of nitrogens with zero attached hydrogens (tertiary/aromatic N) is 4. The zero-order valence-corrected chi connectivity index (χ0v) is 71.5. The molecule has 0 saturated heterocycles. The average molecular weight is 1730 g/mol. The van der Waals surface area contributed by atoms with Gasteiger partial charge in [0.2, 0.25) is 0 Å². The van der Waals surface area contributed by atoms with Crippen LogP contribution < -0.4 is 9.97 Å². The van der Waals surface area contributed by atoms with Crippen molar-refractivity contribution >= 4 is 86.7 Å². The van der Waals surface area contributed by atoms with Gasteiger partial charge in [-0.15, -0.1) is 22.1 Å². The molecule has 0 atom stereocenters. The smallest absolute Gasteiger partial charge is 0.656 e. The third-order valence-electron chi connectivity index (χ3n) is 26.1. The molecule has 0 unspecified atom stereocenters. The standard InChI is InChI=1S/C124H76N4.Pd/c1-9-33-77(34-10-1)93-57-94(78-35-11-2-12-36-78)62-101(61-93)113-117-105-69-85-49-25-27-51-87(85)71-107(105)119(125-117)114(102-63-95(79-37-13-3-14-38-79)58-96(64-102)80-39-15-4-16-40-80)121-109-73-89-53-29-31-55-91(89)75-111(109)123(127-121)116(104-67-99(83-45-21-7-22-46-83)60-100(68-104)84-47-23-8-24-48-84)124-112-76-92-56-32-30-54-90(92)74-110(112)122(128-124)115(120-108-72-88-52-28-26-50-86(88)70-106(108)118(113)126-120)103-65-97(81-41-17-5-18-42-81)59-98(66-103)82-43-19-6-20-44-82;/h1-76H;/q-2;+2. The van der Waals surface area contributed by atoms with Crippen LogP contribution in [0.4, 0.5) is 0 Å². The summed E-state index contributed by atoms with van der Waals surface area (Å²) in [4.78, 5) is 26.9. The Balaban J connectivity index is 0.00000924. The molecular formula is C124H76N4Pd. The maximum absolute atomic E-state index is 6.72. The molecule has 20 aromatic carbocycles. The molecule has 602 valence electrons. The molecule has 4 nitrogen and oxygen atoms in total. The van der Waals surface area contributed by atoms with E-state index in [1.54, 1.807) is 0 Å². The van der Waals surface area contributed by atoms with Crippen LogP contribution in [0.1, 0.15) is 0 Å². The molecule has 5 heteroatoms. The fourth-order valence-corrected chi connectivity index (χ4v) is 20.0. The Hall–Kier alpha value is -16.3. The molecule has 0 N–H and O–H groups in total. The van der Waals surface area contributed by atoms with Gasteiger partial charge in [0.15, 0.2) is 0 Å². The maximum Gasteiger partial charge on any atom is 2.00 e. The largest absolute Gasteiger partial charge is 2.00 e. The van der Waals surface area contributed by atoms with Gasteiger partial charge in [-0.05, 0) is 319 Å². The summed E-state index contributed by atoms with van der Waals surface area (Å²) in [6.07, 6.45) is 0. The van der Waals surface area contributed by atoms with Crippen LogP contribution in [0.5, 0.6) is 0 Å². The van der Waals surface area contributed by atoms with Crippen LogP contribution in [-0.2, 0) is 20.4 Å². The van der Waals surface area contributed by atoms with E-state index in [2.05, 4.69) is 461 Å². The minimum Gasteiger partial charge on any atom is -0.656 e. The monoisotopic (exact) mass is 1730 g/mol. The minimum atomic E-state index is 0. The molecule has 1 aliphatic carbocycles. The van der Waals surface area contributed by atoms with E-state index in [9.17, 15) is 0 Å². The van der Waals surface area contributed by atoms with Crippen molar-refractivity contribution in [2.45, 2.75) is 0 Å². The Morgan fingerprint density at radius 2 is 0.271 bits per heavy atom. The number of rotatable bonds is 12. The van der Waals surface area contributed by atoms with Crippen LogP contribution in [0.3, 0.4) is 0 Å². The van der Waals surface area contributed by atoms with E-state index >= 15 is 0 Å². The molecule has 0 radical (unpaired) electrons. The van der Waals surface area contributed by atoms with Gasteiger partial charge in [-0.1, -0.05) is 340 Å². The third-order valence-corrected chi connectivity index (χ3v) is 26.1. The van der Waals surface area contributed by atoms with Gasteiger partial charge in [0.05, 0.1) is 22.8 Å². The van der Waals surface area contributed by atoms with Crippen LogP contribution in [0, 0.1) is 0 Å². The van der Waals surface area contributed by atoms with Gasteiger partial charge in [0.1, 0.15) is 0 Å². The first-order valence-corrected chi connectivity index (χ1v) is 43.9. The van der Waals surface area contributed by atoms with E-state index in [1.807, 2.05) is 0 Å². The summed E-state index contributed by atoms with van der Waals surface area (Å²) in [5.74, 6) is 0.